The average Bonchev–Trinajstić information content (AvgIpc) is 3.28. The Bertz CT molecular complexity index is 1740. The number of hydrogen-bond donors (Lipinski definition) is 4. The van der Waals surface area contributed by atoms with Crippen LogP contribution in [0.3, 0.4) is 0 Å². The van der Waals surface area contributed by atoms with Gasteiger partial charge in [0.2, 0.25) is 16.0 Å². The molecule has 0 spiro atoms. The molecule has 0 saturated carbocycles. The molecule has 0 aliphatic rings. The highest BCUT2D eigenvalue weighted by atomic mass is 32.2. The van der Waals surface area contributed by atoms with Gasteiger partial charge in [0.05, 0.1) is 51.3 Å². The van der Waals surface area contributed by atoms with E-state index in [0.717, 1.165) is 17.2 Å². The monoisotopic (exact) mass is 582 g/mol. The van der Waals surface area contributed by atoms with Gasteiger partial charge in [-0.2, -0.15) is 0 Å². The fourth-order valence-electron chi connectivity index (χ4n) is 4.01. The van der Waals surface area contributed by atoms with Crippen LogP contribution in [-0.2, 0) is 15.4 Å². The summed E-state index contributed by atoms with van der Waals surface area (Å²) in [4.78, 5) is 34.7. The Labute approximate surface area is 236 Å². The summed E-state index contributed by atoms with van der Waals surface area (Å²) in [5, 5.41) is 6.50. The summed E-state index contributed by atoms with van der Waals surface area (Å²) >= 11 is 1.20. The van der Waals surface area contributed by atoms with Crippen molar-refractivity contribution >= 4 is 66.3 Å². The van der Waals surface area contributed by atoms with Crippen molar-refractivity contribution in [3.8, 4) is 5.75 Å². The van der Waals surface area contributed by atoms with E-state index in [2.05, 4.69) is 25.3 Å². The Morgan fingerprint density at radius 2 is 1.70 bits per heavy atom. The number of nitrogen functional groups attached to an aromatic ring is 1. The van der Waals surface area contributed by atoms with Crippen molar-refractivity contribution in [2.75, 3.05) is 34.5 Å². The number of ether oxygens (including phenoxy) is 1. The van der Waals surface area contributed by atoms with Crippen molar-refractivity contribution in [3.63, 3.8) is 0 Å². The van der Waals surface area contributed by atoms with E-state index in [0.29, 0.717) is 26.6 Å². The molecule has 0 saturated heterocycles. The number of nitrogens with two attached hydrogens (primary N) is 1. The molecule has 2 heterocycles. The standard InChI is InChI=1S/C27H30N6O5S2/c1-14-17(13-29-26(28)30-14)24(34)31-18-9-7-8-15-10-21(39-23(15)18)25(35)32-19-11-16(27(2,3)4)12-20(22(19)38-5)33-40(6,36)37/h7-13,33H,1-6H3,(H,31,34)(H,32,35)(H2,28,29,30). The number of nitrogens with one attached hydrogen (secondary N) is 3. The van der Waals surface area contributed by atoms with Crippen molar-refractivity contribution < 1.29 is 22.7 Å². The van der Waals surface area contributed by atoms with Crippen LogP contribution in [0.4, 0.5) is 23.0 Å². The van der Waals surface area contributed by atoms with Gasteiger partial charge >= 0.3 is 0 Å². The number of methoxy groups -OCH3 is 1. The Morgan fingerprint density at radius 3 is 2.33 bits per heavy atom. The molecule has 0 atom stereocenters. The number of anilines is 4. The fraction of sp³-hybridized carbons (Fsp3) is 0.259. The lowest BCUT2D eigenvalue weighted by Crippen LogP contribution is -2.18. The van der Waals surface area contributed by atoms with Gasteiger partial charge in [0, 0.05) is 6.20 Å². The highest BCUT2D eigenvalue weighted by molar-refractivity contribution is 7.92. The van der Waals surface area contributed by atoms with Crippen LogP contribution in [0, 0.1) is 6.92 Å². The number of amides is 2. The number of carbonyl (C=O) groups excluding carboxylic acids is 2. The first-order valence-corrected chi connectivity index (χ1v) is 14.8. The maximum Gasteiger partial charge on any atom is 0.265 e. The minimum absolute atomic E-state index is 0.0777. The zero-order valence-corrected chi connectivity index (χ0v) is 24.5. The minimum Gasteiger partial charge on any atom is -0.492 e. The molecule has 0 aliphatic carbocycles. The number of hydrogen-bond acceptors (Lipinski definition) is 9. The molecule has 0 bridgehead atoms. The number of carbonyl (C=O) groups is 2. The lowest BCUT2D eigenvalue weighted by Gasteiger charge is -2.23. The molecular formula is C27H30N6O5S2. The third-order valence-corrected chi connectivity index (χ3v) is 7.73. The number of aryl methyl sites for hydroxylation is 1. The first-order chi connectivity index (χ1) is 18.7. The molecule has 2 aromatic heterocycles. The summed E-state index contributed by atoms with van der Waals surface area (Å²) in [6.07, 6.45) is 2.41. The Balaban J connectivity index is 1.68. The van der Waals surface area contributed by atoms with E-state index < -0.39 is 21.8 Å². The molecule has 0 unspecified atom stereocenters. The number of fused-ring (bicyclic) bond motifs is 1. The quantitative estimate of drug-likeness (QED) is 0.242. The normalized spacial score (nSPS) is 11.8. The number of aromatic nitrogens is 2. The van der Waals surface area contributed by atoms with Gasteiger partial charge in [-0.25, -0.2) is 18.4 Å². The zero-order chi connectivity index (χ0) is 29.4. The van der Waals surface area contributed by atoms with Crippen LogP contribution in [-0.4, -0.2) is 43.6 Å². The molecular weight excluding hydrogens is 552 g/mol. The summed E-state index contributed by atoms with van der Waals surface area (Å²) in [7, 11) is -2.22. The van der Waals surface area contributed by atoms with E-state index in [9.17, 15) is 18.0 Å². The van der Waals surface area contributed by atoms with Gasteiger partial charge in [-0.1, -0.05) is 32.9 Å². The summed E-state index contributed by atoms with van der Waals surface area (Å²) in [6, 6.07) is 10.5. The number of rotatable bonds is 7. The van der Waals surface area contributed by atoms with Crippen molar-refractivity contribution in [2.45, 2.75) is 33.1 Å². The van der Waals surface area contributed by atoms with E-state index in [1.807, 2.05) is 26.8 Å². The SMILES string of the molecule is COc1c(NC(=O)c2cc3cccc(NC(=O)c4cnc(N)nc4C)c3s2)cc(C(C)(C)C)cc1NS(C)(=O)=O. The predicted molar refractivity (Wildman–Crippen MR) is 159 cm³/mol. The maximum absolute atomic E-state index is 13.4. The minimum atomic E-state index is -3.62. The van der Waals surface area contributed by atoms with Gasteiger partial charge in [0.25, 0.3) is 11.8 Å². The molecule has 5 N–H and O–H groups in total. The second-order valence-corrected chi connectivity index (χ2v) is 13.0. The van der Waals surface area contributed by atoms with E-state index in [1.54, 1.807) is 37.3 Å². The topological polar surface area (TPSA) is 165 Å². The molecule has 2 amide bonds. The number of nitrogens with zero attached hydrogens (tertiary/aromatic N) is 2. The second-order valence-electron chi connectivity index (χ2n) is 10.2. The first kappa shape index (κ1) is 28.8. The van der Waals surface area contributed by atoms with Gasteiger partial charge in [0.15, 0.2) is 5.75 Å². The van der Waals surface area contributed by atoms with Crippen LogP contribution in [0.5, 0.6) is 5.75 Å². The Hall–Kier alpha value is -4.23. The molecule has 0 aliphatic heterocycles. The summed E-state index contributed by atoms with van der Waals surface area (Å²) in [6.45, 7) is 7.60. The molecule has 0 fully saturated rings. The zero-order valence-electron chi connectivity index (χ0n) is 22.9. The van der Waals surface area contributed by atoms with Crippen molar-refractivity contribution in [2.24, 2.45) is 0 Å². The Kier molecular flexibility index (Phi) is 7.72. The first-order valence-electron chi connectivity index (χ1n) is 12.1. The average molecular weight is 583 g/mol. The van der Waals surface area contributed by atoms with Gasteiger partial charge in [-0.15, -0.1) is 11.3 Å². The molecule has 40 heavy (non-hydrogen) atoms. The van der Waals surface area contributed by atoms with Crippen LogP contribution in [0.15, 0.2) is 42.6 Å². The molecule has 11 nitrogen and oxygen atoms in total. The van der Waals surface area contributed by atoms with Gasteiger partial charge in [-0.3, -0.25) is 14.3 Å². The molecule has 2 aromatic carbocycles. The highest BCUT2D eigenvalue weighted by Crippen LogP contribution is 2.40. The van der Waals surface area contributed by atoms with Crippen LogP contribution < -0.4 is 25.8 Å². The van der Waals surface area contributed by atoms with Crippen LogP contribution in [0.2, 0.25) is 0 Å². The van der Waals surface area contributed by atoms with E-state index >= 15 is 0 Å². The third kappa shape index (κ3) is 6.32. The van der Waals surface area contributed by atoms with Crippen LogP contribution >= 0.6 is 11.3 Å². The Morgan fingerprint density at radius 1 is 1.02 bits per heavy atom. The van der Waals surface area contributed by atoms with E-state index in [1.165, 1.54) is 24.6 Å². The maximum atomic E-state index is 13.4. The van der Waals surface area contributed by atoms with Gasteiger partial charge in [-0.05, 0) is 47.6 Å². The van der Waals surface area contributed by atoms with Crippen LogP contribution in [0.1, 0.15) is 52.1 Å². The third-order valence-electron chi connectivity index (χ3n) is 5.96. The number of sulfonamides is 1. The lowest BCUT2D eigenvalue weighted by molar-refractivity contribution is 0.101. The smallest absolute Gasteiger partial charge is 0.265 e. The molecule has 210 valence electrons. The summed E-state index contributed by atoms with van der Waals surface area (Å²) < 4.78 is 32.7. The van der Waals surface area contributed by atoms with Gasteiger partial charge in [0.1, 0.15) is 0 Å². The van der Waals surface area contributed by atoms with E-state index in [4.69, 9.17) is 10.5 Å². The molecule has 4 aromatic rings. The van der Waals surface area contributed by atoms with Crippen molar-refractivity contribution in [1.82, 2.24) is 9.97 Å². The van der Waals surface area contributed by atoms with Crippen molar-refractivity contribution in [3.05, 3.63) is 64.3 Å². The molecule has 4 rings (SSSR count). The summed E-state index contributed by atoms with van der Waals surface area (Å²) in [5.41, 5.74) is 7.82. The predicted octanol–water partition coefficient (Wildman–Crippen LogP) is 4.76. The number of benzene rings is 2. The summed E-state index contributed by atoms with van der Waals surface area (Å²) in [5.74, 6) is -0.564. The molecule has 0 radical (unpaired) electrons. The van der Waals surface area contributed by atoms with Crippen LogP contribution in [0.25, 0.3) is 10.1 Å². The largest absolute Gasteiger partial charge is 0.492 e. The lowest BCUT2D eigenvalue weighted by atomic mass is 9.86. The van der Waals surface area contributed by atoms with Gasteiger partial charge < -0.3 is 21.1 Å². The van der Waals surface area contributed by atoms with Crippen molar-refractivity contribution in [1.29, 1.82) is 0 Å². The number of thiophene rings is 1. The van der Waals surface area contributed by atoms with E-state index in [-0.39, 0.29) is 28.4 Å². The highest BCUT2D eigenvalue weighted by Gasteiger charge is 2.23. The molecule has 13 heteroatoms. The fourth-order valence-corrected chi connectivity index (χ4v) is 5.58. The second kappa shape index (κ2) is 10.7.